The summed E-state index contributed by atoms with van der Waals surface area (Å²) in [6.07, 6.45) is 3.08. The Morgan fingerprint density at radius 3 is 2.81 bits per heavy atom. The Balaban J connectivity index is 1.52. The van der Waals surface area contributed by atoms with Crippen molar-refractivity contribution >= 4 is 22.4 Å². The van der Waals surface area contributed by atoms with Gasteiger partial charge in [0.05, 0.1) is 17.3 Å². The molecule has 0 aliphatic carbocycles. The lowest BCUT2D eigenvalue weighted by Gasteiger charge is -2.10. The van der Waals surface area contributed by atoms with E-state index < -0.39 is 0 Å². The fourth-order valence-corrected chi connectivity index (χ4v) is 2.84. The van der Waals surface area contributed by atoms with E-state index >= 15 is 0 Å². The number of rotatable bonds is 4. The summed E-state index contributed by atoms with van der Waals surface area (Å²) in [6.45, 7) is 1.72. The molecule has 27 heavy (non-hydrogen) atoms. The molecule has 2 heterocycles. The first-order chi connectivity index (χ1) is 13.1. The molecule has 0 atom stereocenters. The molecule has 0 aliphatic rings. The van der Waals surface area contributed by atoms with Crippen molar-refractivity contribution in [2.45, 2.75) is 13.5 Å². The molecule has 2 aromatic heterocycles. The Labute approximate surface area is 153 Å². The topological polar surface area (TPSA) is 108 Å². The number of aryl methyl sites for hydroxylation is 1. The average molecular weight is 361 g/mol. The van der Waals surface area contributed by atoms with Crippen LogP contribution in [-0.2, 0) is 11.3 Å². The minimum atomic E-state index is -0.338. The van der Waals surface area contributed by atoms with E-state index in [1.807, 2.05) is 31.2 Å². The number of amides is 1. The van der Waals surface area contributed by atoms with Crippen LogP contribution in [0.15, 0.2) is 59.8 Å². The standard InChI is InChI=1S/C18H15N7O2/c1-12-8-14(6-7-16(12)25-11-19-22-23-25)21-17(26)10-24-18(27)15-5-3-2-4-13(15)9-20-24/h2-9,11H,10H2,1H3,(H,21,26). The Morgan fingerprint density at radius 1 is 1.19 bits per heavy atom. The molecule has 134 valence electrons. The highest BCUT2D eigenvalue weighted by molar-refractivity contribution is 5.91. The molecule has 0 bridgehead atoms. The molecular formula is C18H15N7O2. The second kappa shape index (κ2) is 6.79. The van der Waals surface area contributed by atoms with E-state index in [2.05, 4.69) is 25.9 Å². The van der Waals surface area contributed by atoms with Crippen molar-refractivity contribution in [1.29, 1.82) is 0 Å². The summed E-state index contributed by atoms with van der Waals surface area (Å²) < 4.78 is 2.69. The predicted octanol–water partition coefficient (Wildman–Crippen LogP) is 1.32. The second-order valence-corrected chi connectivity index (χ2v) is 6.00. The smallest absolute Gasteiger partial charge is 0.275 e. The van der Waals surface area contributed by atoms with Gasteiger partial charge in [-0.1, -0.05) is 18.2 Å². The maximum absolute atomic E-state index is 12.4. The highest BCUT2D eigenvalue weighted by atomic mass is 16.2. The molecule has 1 amide bonds. The van der Waals surface area contributed by atoms with Crippen molar-refractivity contribution in [2.24, 2.45) is 0 Å². The van der Waals surface area contributed by atoms with Gasteiger partial charge < -0.3 is 5.32 Å². The molecule has 0 saturated carbocycles. The van der Waals surface area contributed by atoms with Crippen LogP contribution in [0.3, 0.4) is 0 Å². The Hall–Kier alpha value is -3.88. The van der Waals surface area contributed by atoms with Crippen molar-refractivity contribution in [3.05, 3.63) is 70.9 Å². The van der Waals surface area contributed by atoms with Crippen molar-refractivity contribution in [3.8, 4) is 5.69 Å². The Kier molecular flexibility index (Phi) is 4.17. The molecule has 9 nitrogen and oxygen atoms in total. The summed E-state index contributed by atoms with van der Waals surface area (Å²) in [5.41, 5.74) is 2.02. The van der Waals surface area contributed by atoms with E-state index in [0.29, 0.717) is 11.1 Å². The number of aromatic nitrogens is 6. The van der Waals surface area contributed by atoms with E-state index in [0.717, 1.165) is 21.3 Å². The summed E-state index contributed by atoms with van der Waals surface area (Å²) in [5, 5.41) is 19.2. The molecule has 0 saturated heterocycles. The van der Waals surface area contributed by atoms with Crippen molar-refractivity contribution < 1.29 is 4.79 Å². The maximum atomic E-state index is 12.4. The summed E-state index contributed by atoms with van der Waals surface area (Å²) in [5.74, 6) is -0.338. The first-order valence-corrected chi connectivity index (χ1v) is 8.20. The first kappa shape index (κ1) is 16.6. The summed E-state index contributed by atoms with van der Waals surface area (Å²) in [4.78, 5) is 24.8. The van der Waals surface area contributed by atoms with Crippen LogP contribution in [0.5, 0.6) is 0 Å². The number of benzene rings is 2. The number of nitrogens with zero attached hydrogens (tertiary/aromatic N) is 6. The van der Waals surface area contributed by atoms with Crippen LogP contribution in [0.1, 0.15) is 5.56 Å². The number of hydrogen-bond acceptors (Lipinski definition) is 6. The third kappa shape index (κ3) is 3.30. The third-order valence-corrected chi connectivity index (χ3v) is 4.13. The van der Waals surface area contributed by atoms with E-state index in [1.54, 1.807) is 29.1 Å². The highest BCUT2D eigenvalue weighted by Crippen LogP contribution is 2.17. The van der Waals surface area contributed by atoms with Gasteiger partial charge in [0.2, 0.25) is 5.91 Å². The fourth-order valence-electron chi connectivity index (χ4n) is 2.84. The van der Waals surface area contributed by atoms with E-state index in [4.69, 9.17) is 0 Å². The molecule has 0 unspecified atom stereocenters. The summed E-state index contributed by atoms with van der Waals surface area (Å²) >= 11 is 0. The second-order valence-electron chi connectivity index (χ2n) is 6.00. The number of fused-ring (bicyclic) bond motifs is 1. The highest BCUT2D eigenvalue weighted by Gasteiger charge is 2.10. The quantitative estimate of drug-likeness (QED) is 0.587. The number of carbonyl (C=O) groups excluding carboxylic acids is 1. The van der Waals surface area contributed by atoms with Gasteiger partial charge >= 0.3 is 0 Å². The van der Waals surface area contributed by atoms with Gasteiger partial charge in [0.15, 0.2) is 0 Å². The molecule has 0 aliphatic heterocycles. The number of carbonyl (C=O) groups is 1. The van der Waals surface area contributed by atoms with Gasteiger partial charge in [0, 0.05) is 11.1 Å². The Morgan fingerprint density at radius 2 is 2.04 bits per heavy atom. The Bertz CT molecular complexity index is 1180. The first-order valence-electron chi connectivity index (χ1n) is 8.20. The van der Waals surface area contributed by atoms with Crippen LogP contribution < -0.4 is 10.9 Å². The van der Waals surface area contributed by atoms with Crippen LogP contribution in [0.25, 0.3) is 16.5 Å². The number of hydrogen-bond donors (Lipinski definition) is 1. The van der Waals surface area contributed by atoms with Gasteiger partial charge in [0.1, 0.15) is 12.9 Å². The van der Waals surface area contributed by atoms with Crippen molar-refractivity contribution in [2.75, 3.05) is 5.32 Å². The van der Waals surface area contributed by atoms with Crippen LogP contribution in [-0.4, -0.2) is 35.9 Å². The van der Waals surface area contributed by atoms with Crippen molar-refractivity contribution in [3.63, 3.8) is 0 Å². The minimum absolute atomic E-state index is 0.169. The van der Waals surface area contributed by atoms with Crippen LogP contribution in [0.4, 0.5) is 5.69 Å². The molecule has 0 fully saturated rings. The number of tetrazole rings is 1. The fraction of sp³-hybridized carbons (Fsp3) is 0.111. The lowest BCUT2D eigenvalue weighted by Crippen LogP contribution is -2.29. The van der Waals surface area contributed by atoms with Gasteiger partial charge in [0.25, 0.3) is 5.56 Å². The van der Waals surface area contributed by atoms with Gasteiger partial charge in [-0.05, 0) is 47.2 Å². The summed E-state index contributed by atoms with van der Waals surface area (Å²) in [7, 11) is 0. The zero-order valence-corrected chi connectivity index (χ0v) is 14.4. The number of nitrogens with one attached hydrogen (secondary N) is 1. The largest absolute Gasteiger partial charge is 0.324 e. The predicted molar refractivity (Wildman–Crippen MR) is 98.5 cm³/mol. The third-order valence-electron chi connectivity index (χ3n) is 4.13. The minimum Gasteiger partial charge on any atom is -0.324 e. The van der Waals surface area contributed by atoms with Crippen LogP contribution >= 0.6 is 0 Å². The molecular weight excluding hydrogens is 346 g/mol. The molecule has 4 aromatic rings. The zero-order chi connectivity index (χ0) is 18.8. The van der Waals surface area contributed by atoms with E-state index in [-0.39, 0.29) is 18.0 Å². The zero-order valence-electron chi connectivity index (χ0n) is 14.4. The van der Waals surface area contributed by atoms with E-state index in [1.165, 1.54) is 6.33 Å². The van der Waals surface area contributed by atoms with Gasteiger partial charge in [-0.15, -0.1) is 5.10 Å². The normalized spacial score (nSPS) is 10.9. The monoisotopic (exact) mass is 361 g/mol. The molecule has 9 heteroatoms. The SMILES string of the molecule is Cc1cc(NC(=O)Cn2ncc3ccccc3c2=O)ccc1-n1cnnn1. The van der Waals surface area contributed by atoms with E-state index in [9.17, 15) is 9.59 Å². The number of anilines is 1. The molecule has 0 spiro atoms. The molecule has 4 rings (SSSR count). The van der Waals surface area contributed by atoms with Gasteiger partial charge in [-0.2, -0.15) is 5.10 Å². The van der Waals surface area contributed by atoms with Crippen LogP contribution in [0, 0.1) is 6.92 Å². The van der Waals surface area contributed by atoms with Crippen LogP contribution in [0.2, 0.25) is 0 Å². The van der Waals surface area contributed by atoms with Gasteiger partial charge in [-0.3, -0.25) is 9.59 Å². The molecule has 0 radical (unpaired) electrons. The lowest BCUT2D eigenvalue weighted by molar-refractivity contribution is -0.117. The summed E-state index contributed by atoms with van der Waals surface area (Å²) in [6, 6.07) is 12.5. The lowest BCUT2D eigenvalue weighted by atomic mass is 10.2. The molecule has 1 N–H and O–H groups in total. The maximum Gasteiger partial charge on any atom is 0.275 e. The average Bonchev–Trinajstić information content (AvgIpc) is 3.19. The molecule has 2 aromatic carbocycles. The van der Waals surface area contributed by atoms with Crippen molar-refractivity contribution in [1.82, 2.24) is 30.0 Å². The van der Waals surface area contributed by atoms with Gasteiger partial charge in [-0.25, -0.2) is 9.36 Å².